The molecule has 1 aliphatic heterocycles. The first-order valence-corrected chi connectivity index (χ1v) is 8.79. The van der Waals surface area contributed by atoms with E-state index >= 15 is 0 Å². The predicted molar refractivity (Wildman–Crippen MR) is 79.4 cm³/mol. The summed E-state index contributed by atoms with van der Waals surface area (Å²) >= 11 is 0. The molecule has 2 amide bonds. The topological polar surface area (TPSA) is 49.4 Å². The molecule has 116 valence electrons. The molecular weight excluding hydrogens is 264 g/mol. The Balaban J connectivity index is 1.32. The highest BCUT2D eigenvalue weighted by Crippen LogP contribution is 2.58. The van der Waals surface area contributed by atoms with Crippen LogP contribution in [0.1, 0.15) is 51.4 Å². The zero-order valence-electron chi connectivity index (χ0n) is 12.7. The standard InChI is InChI=1S/C17H26N2O2/c20-16(10-19-7-2-1-6-17(19)21)18-15-9-11-8-14(15)13-5-3-4-12(11)13/h11-15H,1-10H2,(H,18,20). The third-order valence-electron chi connectivity index (χ3n) is 6.53. The normalized spacial score (nSPS) is 41.4. The van der Waals surface area contributed by atoms with E-state index in [1.807, 2.05) is 0 Å². The van der Waals surface area contributed by atoms with E-state index in [1.165, 1.54) is 32.1 Å². The highest BCUT2D eigenvalue weighted by Gasteiger charge is 2.54. The summed E-state index contributed by atoms with van der Waals surface area (Å²) in [6, 6.07) is 0.391. The number of nitrogens with zero attached hydrogens (tertiary/aromatic N) is 1. The molecule has 3 aliphatic carbocycles. The third-order valence-corrected chi connectivity index (χ3v) is 6.53. The van der Waals surface area contributed by atoms with Gasteiger partial charge in [-0.1, -0.05) is 6.42 Å². The highest BCUT2D eigenvalue weighted by molar-refractivity contribution is 5.85. The average molecular weight is 290 g/mol. The zero-order chi connectivity index (χ0) is 14.4. The van der Waals surface area contributed by atoms with E-state index in [9.17, 15) is 9.59 Å². The number of hydrogen-bond acceptors (Lipinski definition) is 2. The fourth-order valence-corrected chi connectivity index (χ4v) is 5.69. The summed E-state index contributed by atoms with van der Waals surface area (Å²) in [4.78, 5) is 25.8. The van der Waals surface area contributed by atoms with Crippen molar-refractivity contribution < 1.29 is 9.59 Å². The van der Waals surface area contributed by atoms with Crippen LogP contribution in [0.25, 0.3) is 0 Å². The fourth-order valence-electron chi connectivity index (χ4n) is 5.69. The molecule has 5 atom stereocenters. The minimum atomic E-state index is 0.0670. The summed E-state index contributed by atoms with van der Waals surface area (Å²) in [5.41, 5.74) is 0. The number of nitrogens with one attached hydrogen (secondary N) is 1. The van der Waals surface area contributed by atoms with Crippen LogP contribution >= 0.6 is 0 Å². The predicted octanol–water partition coefficient (Wildman–Crippen LogP) is 1.94. The number of amides is 2. The van der Waals surface area contributed by atoms with Crippen LogP contribution in [0.15, 0.2) is 0 Å². The van der Waals surface area contributed by atoms with Gasteiger partial charge < -0.3 is 10.2 Å². The first-order chi connectivity index (χ1) is 10.2. The van der Waals surface area contributed by atoms with E-state index in [4.69, 9.17) is 0 Å². The smallest absolute Gasteiger partial charge is 0.239 e. The number of hydrogen-bond donors (Lipinski definition) is 1. The second-order valence-electron chi connectivity index (χ2n) is 7.60. The van der Waals surface area contributed by atoms with E-state index < -0.39 is 0 Å². The SMILES string of the molecule is O=C(CN1CCCCC1=O)NC1CC2CC1C1CCCC21. The molecule has 0 spiro atoms. The number of likely N-dealkylation sites (tertiary alicyclic amines) is 1. The van der Waals surface area contributed by atoms with Gasteiger partial charge in [0.05, 0.1) is 6.54 Å². The van der Waals surface area contributed by atoms with E-state index in [2.05, 4.69) is 5.32 Å². The Labute approximate surface area is 126 Å². The molecule has 4 rings (SSSR count). The van der Waals surface area contributed by atoms with Crippen molar-refractivity contribution in [2.24, 2.45) is 23.7 Å². The first kappa shape index (κ1) is 13.6. The van der Waals surface area contributed by atoms with Crippen LogP contribution < -0.4 is 5.32 Å². The van der Waals surface area contributed by atoms with Gasteiger partial charge in [-0.3, -0.25) is 9.59 Å². The maximum absolute atomic E-state index is 12.3. The van der Waals surface area contributed by atoms with Crippen LogP contribution in [0, 0.1) is 23.7 Å². The first-order valence-electron chi connectivity index (χ1n) is 8.79. The van der Waals surface area contributed by atoms with E-state index in [0.29, 0.717) is 12.5 Å². The van der Waals surface area contributed by atoms with Gasteiger partial charge in [0.2, 0.25) is 11.8 Å². The van der Waals surface area contributed by atoms with Gasteiger partial charge in [0.25, 0.3) is 0 Å². The van der Waals surface area contributed by atoms with Crippen molar-refractivity contribution in [2.45, 2.75) is 57.4 Å². The van der Waals surface area contributed by atoms with Crippen LogP contribution in [0.4, 0.5) is 0 Å². The van der Waals surface area contributed by atoms with Gasteiger partial charge in [-0.25, -0.2) is 0 Å². The maximum Gasteiger partial charge on any atom is 0.239 e. The molecule has 3 saturated carbocycles. The van der Waals surface area contributed by atoms with Crippen molar-refractivity contribution in [3.05, 3.63) is 0 Å². The van der Waals surface area contributed by atoms with Crippen LogP contribution in [0.3, 0.4) is 0 Å². The molecule has 4 heteroatoms. The zero-order valence-corrected chi connectivity index (χ0v) is 12.7. The Morgan fingerprint density at radius 3 is 2.81 bits per heavy atom. The van der Waals surface area contributed by atoms with Crippen molar-refractivity contribution in [1.82, 2.24) is 10.2 Å². The molecular formula is C17H26N2O2. The Bertz CT molecular complexity index is 450. The monoisotopic (exact) mass is 290 g/mol. The Morgan fingerprint density at radius 2 is 1.95 bits per heavy atom. The molecule has 1 heterocycles. The number of fused-ring (bicyclic) bond motifs is 5. The molecule has 4 nitrogen and oxygen atoms in total. The molecule has 1 saturated heterocycles. The van der Waals surface area contributed by atoms with E-state index in [1.54, 1.807) is 4.90 Å². The molecule has 1 N–H and O–H groups in total. The average Bonchev–Trinajstić information content (AvgIpc) is 3.13. The van der Waals surface area contributed by atoms with Crippen molar-refractivity contribution >= 4 is 11.8 Å². The summed E-state index contributed by atoms with van der Waals surface area (Å²) < 4.78 is 0. The second kappa shape index (κ2) is 5.29. The quantitative estimate of drug-likeness (QED) is 0.863. The molecule has 2 bridgehead atoms. The van der Waals surface area contributed by atoms with E-state index in [-0.39, 0.29) is 18.4 Å². The summed E-state index contributed by atoms with van der Waals surface area (Å²) in [7, 11) is 0. The number of rotatable bonds is 3. The molecule has 0 aromatic heterocycles. The lowest BCUT2D eigenvalue weighted by Gasteiger charge is -2.33. The van der Waals surface area contributed by atoms with Crippen LogP contribution in [0.2, 0.25) is 0 Å². The fraction of sp³-hybridized carbons (Fsp3) is 0.882. The second-order valence-corrected chi connectivity index (χ2v) is 7.60. The van der Waals surface area contributed by atoms with Crippen molar-refractivity contribution in [2.75, 3.05) is 13.1 Å². The number of carbonyl (C=O) groups excluding carboxylic acids is 2. The molecule has 0 radical (unpaired) electrons. The molecule has 4 fully saturated rings. The van der Waals surface area contributed by atoms with Crippen LogP contribution in [-0.4, -0.2) is 35.8 Å². The number of piperidine rings is 1. The van der Waals surface area contributed by atoms with Gasteiger partial charge >= 0.3 is 0 Å². The molecule has 5 unspecified atom stereocenters. The van der Waals surface area contributed by atoms with Crippen molar-refractivity contribution in [1.29, 1.82) is 0 Å². The lowest BCUT2D eigenvalue weighted by Crippen LogP contribution is -2.48. The van der Waals surface area contributed by atoms with Gasteiger partial charge in [0, 0.05) is 19.0 Å². The van der Waals surface area contributed by atoms with Crippen molar-refractivity contribution in [3.8, 4) is 0 Å². The van der Waals surface area contributed by atoms with Gasteiger partial charge in [0.1, 0.15) is 0 Å². The number of carbonyl (C=O) groups is 2. The molecule has 0 aromatic carbocycles. The lowest BCUT2D eigenvalue weighted by atomic mass is 9.79. The Morgan fingerprint density at radius 1 is 1.10 bits per heavy atom. The Kier molecular flexibility index (Phi) is 3.43. The summed E-state index contributed by atoms with van der Waals surface area (Å²) in [6.45, 7) is 1.04. The highest BCUT2D eigenvalue weighted by atomic mass is 16.2. The van der Waals surface area contributed by atoms with Gasteiger partial charge in [-0.05, 0) is 62.2 Å². The molecule has 21 heavy (non-hydrogen) atoms. The van der Waals surface area contributed by atoms with Gasteiger partial charge in [-0.15, -0.1) is 0 Å². The summed E-state index contributed by atoms with van der Waals surface area (Å²) in [5.74, 6) is 3.66. The molecule has 4 aliphatic rings. The maximum atomic E-state index is 12.3. The van der Waals surface area contributed by atoms with Crippen LogP contribution in [-0.2, 0) is 9.59 Å². The summed E-state index contributed by atoms with van der Waals surface area (Å²) in [5, 5.41) is 3.26. The lowest BCUT2D eigenvalue weighted by molar-refractivity contribution is -0.138. The van der Waals surface area contributed by atoms with Gasteiger partial charge in [0.15, 0.2) is 0 Å². The van der Waals surface area contributed by atoms with Crippen molar-refractivity contribution in [3.63, 3.8) is 0 Å². The van der Waals surface area contributed by atoms with Crippen LogP contribution in [0.5, 0.6) is 0 Å². The minimum absolute atomic E-state index is 0.0670. The minimum Gasteiger partial charge on any atom is -0.352 e. The third kappa shape index (κ3) is 2.36. The summed E-state index contributed by atoms with van der Waals surface area (Å²) in [6.07, 6.45) is 9.35. The van der Waals surface area contributed by atoms with Gasteiger partial charge in [-0.2, -0.15) is 0 Å². The van der Waals surface area contributed by atoms with E-state index in [0.717, 1.165) is 43.1 Å². The largest absolute Gasteiger partial charge is 0.352 e. The molecule has 0 aromatic rings. The Hall–Kier alpha value is -1.06.